The fraction of sp³-hybridized carbons (Fsp3) is 0.383. The van der Waals surface area contributed by atoms with E-state index in [1.165, 1.54) is 56.3 Å². The third kappa shape index (κ3) is 14.9. The highest BCUT2D eigenvalue weighted by molar-refractivity contribution is 7.93. The van der Waals surface area contributed by atoms with Crippen LogP contribution in [0.15, 0.2) is 77.2 Å². The van der Waals surface area contributed by atoms with Gasteiger partial charge in [0.25, 0.3) is 5.89 Å². The minimum Gasteiger partial charge on any atom is -0.415 e. The summed E-state index contributed by atoms with van der Waals surface area (Å²) in [5.41, 5.74) is 5.52. The zero-order valence-corrected chi connectivity index (χ0v) is 43.0. The standard InChI is InChI=1S/C24H24ClF4N5O4S.C23H27ClF2N4O4S/c1-15(35)33-8-6-32(7-9-33)10-11-39(36,37)34(18-4-5-20(26)19(25)13-18)14-17-3-2-16(12-21(17)27)23-30-31-24(38-23)22(28)29;1-16(31)29-8-6-28(7-9-29)10-11-35(33,34)30(19-4-5-21(25)20(24)13-19)15-18-3-2-17(12-22(18)26)23(32)14-27/h2-5,12-13,22H,6-11,14H2,1H3;2-5,12-13H,6-11,14-15,27H2,1H3. The number of amides is 2. The lowest BCUT2D eigenvalue weighted by molar-refractivity contribution is -0.131. The fourth-order valence-corrected chi connectivity index (χ4v) is 11.1. The van der Waals surface area contributed by atoms with Crippen molar-refractivity contribution in [1.29, 1.82) is 0 Å². The molecule has 0 spiro atoms. The molecule has 2 fully saturated rings. The first-order valence-electron chi connectivity index (χ1n) is 22.7. The van der Waals surface area contributed by atoms with Crippen molar-refractivity contribution in [2.45, 2.75) is 33.4 Å². The molecule has 0 saturated carbocycles. The second-order valence-electron chi connectivity index (χ2n) is 17.0. The molecule has 2 N–H and O–H groups in total. The number of halogens is 8. The van der Waals surface area contributed by atoms with E-state index in [0.717, 1.165) is 38.9 Å². The number of piperazine rings is 2. The summed E-state index contributed by atoms with van der Waals surface area (Å²) in [5, 5.41) is 6.11. The highest BCUT2D eigenvalue weighted by Crippen LogP contribution is 2.31. The Morgan fingerprint density at radius 1 is 0.635 bits per heavy atom. The van der Waals surface area contributed by atoms with Crippen LogP contribution in [0, 0.1) is 23.3 Å². The summed E-state index contributed by atoms with van der Waals surface area (Å²) >= 11 is 11.8. The van der Waals surface area contributed by atoms with Crippen LogP contribution in [0.5, 0.6) is 0 Å². The summed E-state index contributed by atoms with van der Waals surface area (Å²) in [6.07, 6.45) is -2.99. The maximum atomic E-state index is 15.1. The molecule has 2 saturated heterocycles. The van der Waals surface area contributed by atoms with Crippen LogP contribution in [0.1, 0.15) is 47.6 Å². The van der Waals surface area contributed by atoms with Crippen LogP contribution in [0.3, 0.4) is 0 Å². The summed E-state index contributed by atoms with van der Waals surface area (Å²) in [4.78, 5) is 42.0. The maximum Gasteiger partial charge on any atom is 0.314 e. The van der Waals surface area contributed by atoms with Gasteiger partial charge in [0.1, 0.15) is 23.3 Å². The van der Waals surface area contributed by atoms with Crippen molar-refractivity contribution in [2.24, 2.45) is 5.73 Å². The first-order valence-corrected chi connectivity index (χ1v) is 26.7. The summed E-state index contributed by atoms with van der Waals surface area (Å²) in [7, 11) is -8.08. The molecule has 27 heteroatoms. The lowest BCUT2D eigenvalue weighted by Crippen LogP contribution is -2.49. The molecule has 74 heavy (non-hydrogen) atoms. The van der Waals surface area contributed by atoms with E-state index >= 15 is 4.39 Å². The van der Waals surface area contributed by atoms with Crippen LogP contribution < -0.4 is 14.3 Å². The van der Waals surface area contributed by atoms with Gasteiger partial charge >= 0.3 is 6.43 Å². The number of anilines is 2. The van der Waals surface area contributed by atoms with Crippen LogP contribution in [0.2, 0.25) is 10.0 Å². The van der Waals surface area contributed by atoms with E-state index in [0.29, 0.717) is 52.4 Å². The first-order chi connectivity index (χ1) is 35.0. The minimum atomic E-state index is -4.08. The molecule has 0 aliphatic carbocycles. The van der Waals surface area contributed by atoms with Gasteiger partial charge in [-0.05, 0) is 54.6 Å². The molecule has 0 unspecified atom stereocenters. The number of carbonyl (C=O) groups is 3. The zero-order chi connectivity index (χ0) is 54.1. The Bertz CT molecular complexity index is 3060. The molecule has 1 aromatic heterocycles. The Kier molecular flexibility index (Phi) is 19.5. The highest BCUT2D eigenvalue weighted by atomic mass is 35.5. The summed E-state index contributed by atoms with van der Waals surface area (Å²) in [6.45, 7) is 6.21. The van der Waals surface area contributed by atoms with Crippen molar-refractivity contribution in [3.63, 3.8) is 0 Å². The van der Waals surface area contributed by atoms with Crippen LogP contribution in [0.4, 0.5) is 37.7 Å². The summed E-state index contributed by atoms with van der Waals surface area (Å²) in [6, 6.07) is 14.1. The molecule has 4 aromatic carbocycles. The number of aromatic nitrogens is 2. The smallest absolute Gasteiger partial charge is 0.314 e. The van der Waals surface area contributed by atoms with Crippen LogP contribution in [-0.2, 0) is 42.7 Å². The number of ketones is 1. The quantitative estimate of drug-likeness (QED) is 0.0750. The fourth-order valence-electron chi connectivity index (χ4n) is 7.79. The van der Waals surface area contributed by atoms with Crippen LogP contribution in [0.25, 0.3) is 11.5 Å². The molecule has 0 atom stereocenters. The van der Waals surface area contributed by atoms with Crippen LogP contribution >= 0.6 is 23.2 Å². The third-order valence-electron chi connectivity index (χ3n) is 12.1. The Morgan fingerprint density at radius 2 is 1.08 bits per heavy atom. The van der Waals surface area contributed by atoms with Crippen molar-refractivity contribution in [3.05, 3.63) is 129 Å². The average Bonchev–Trinajstić information content (AvgIpc) is 3.88. The van der Waals surface area contributed by atoms with Gasteiger partial charge in [-0.15, -0.1) is 10.2 Å². The molecule has 17 nitrogen and oxygen atoms in total. The molecule has 0 radical (unpaired) electrons. The molecule has 7 rings (SSSR count). The maximum absolute atomic E-state index is 15.1. The van der Waals surface area contributed by atoms with Crippen LogP contribution in [-0.4, -0.2) is 148 Å². The SMILES string of the molecule is CC(=O)N1CCN(CCS(=O)(=O)N(Cc2ccc(-c3nnc(C(F)F)o3)cc2F)c2ccc(F)c(Cl)c2)CC1.CC(=O)N1CCN(CCS(=O)(=O)N(Cc2ccc(C(=O)CN)cc2F)c2ccc(F)c(Cl)c2)CC1. The van der Waals surface area contributed by atoms with Crippen molar-refractivity contribution < 1.29 is 62.0 Å². The predicted octanol–water partition coefficient (Wildman–Crippen LogP) is 6.37. The van der Waals surface area contributed by atoms with Gasteiger partial charge in [0.15, 0.2) is 5.78 Å². The van der Waals surface area contributed by atoms with Crippen molar-refractivity contribution >= 4 is 72.2 Å². The normalized spacial score (nSPS) is 14.7. The third-order valence-corrected chi connectivity index (χ3v) is 16.1. The van der Waals surface area contributed by atoms with Crippen molar-refractivity contribution in [2.75, 3.05) is 92.1 Å². The van der Waals surface area contributed by atoms with E-state index in [2.05, 4.69) is 10.2 Å². The molecular formula is C47H51Cl2F6N9O8S2. The largest absolute Gasteiger partial charge is 0.415 e. The number of carbonyl (C=O) groups excluding carboxylic acids is 3. The highest BCUT2D eigenvalue weighted by Gasteiger charge is 2.30. The zero-order valence-electron chi connectivity index (χ0n) is 39.9. The number of nitrogens with zero attached hydrogens (tertiary/aromatic N) is 8. The Balaban J connectivity index is 0.000000242. The molecule has 2 aliphatic heterocycles. The van der Waals surface area contributed by atoms with E-state index in [9.17, 15) is 53.2 Å². The second kappa shape index (κ2) is 25.1. The Hall–Kier alpha value is -5.83. The molecular weight excluding hydrogens is 1070 g/mol. The topological polar surface area (TPSA) is 204 Å². The number of hydrogen-bond acceptors (Lipinski definition) is 13. The van der Waals surface area contributed by atoms with Gasteiger partial charge in [-0.1, -0.05) is 41.4 Å². The first kappa shape index (κ1) is 57.4. The van der Waals surface area contributed by atoms with E-state index < -0.39 is 68.0 Å². The molecule has 2 amide bonds. The Labute approximate surface area is 433 Å². The van der Waals surface area contributed by atoms with Crippen molar-refractivity contribution in [1.82, 2.24) is 29.8 Å². The number of nitrogens with two attached hydrogens (primary N) is 1. The van der Waals surface area contributed by atoms with Gasteiger partial charge in [0, 0.05) is 102 Å². The van der Waals surface area contributed by atoms with E-state index in [1.807, 2.05) is 9.80 Å². The predicted molar refractivity (Wildman–Crippen MR) is 265 cm³/mol. The number of sulfonamides is 2. The van der Waals surface area contributed by atoms with E-state index in [1.54, 1.807) is 9.80 Å². The number of Topliss-reactive ketones (excluding diaryl/α,β-unsaturated/α-hetero) is 1. The number of alkyl halides is 2. The van der Waals surface area contributed by atoms with Gasteiger partial charge in [-0.25, -0.2) is 34.4 Å². The molecule has 3 heterocycles. The number of rotatable bonds is 18. The van der Waals surface area contributed by atoms with E-state index in [4.69, 9.17) is 33.4 Å². The Morgan fingerprint density at radius 3 is 1.46 bits per heavy atom. The molecule has 5 aromatic rings. The molecule has 0 bridgehead atoms. The average molecular weight is 1120 g/mol. The van der Waals surface area contributed by atoms with Gasteiger partial charge in [0.2, 0.25) is 37.8 Å². The van der Waals surface area contributed by atoms with Crippen molar-refractivity contribution in [3.8, 4) is 11.5 Å². The number of hydrogen-bond donors (Lipinski definition) is 1. The van der Waals surface area contributed by atoms with Gasteiger partial charge in [-0.3, -0.25) is 32.8 Å². The minimum absolute atomic E-state index is 0.0256. The van der Waals surface area contributed by atoms with Gasteiger partial charge < -0.3 is 20.0 Å². The lowest BCUT2D eigenvalue weighted by atomic mass is 10.1. The summed E-state index contributed by atoms with van der Waals surface area (Å²) < 4.78 is 143. The summed E-state index contributed by atoms with van der Waals surface area (Å²) in [5.74, 6) is -5.47. The van der Waals surface area contributed by atoms with E-state index in [-0.39, 0.29) is 99.1 Å². The lowest BCUT2D eigenvalue weighted by Gasteiger charge is -2.34. The number of benzene rings is 4. The van der Waals surface area contributed by atoms with Gasteiger partial charge in [-0.2, -0.15) is 8.78 Å². The second-order valence-corrected chi connectivity index (χ2v) is 21.9. The monoisotopic (exact) mass is 1120 g/mol. The van der Waals surface area contributed by atoms with Gasteiger partial charge in [0.05, 0.1) is 52.6 Å². The molecule has 400 valence electrons. The molecule has 2 aliphatic rings.